The molecule has 1 aliphatic carbocycles. The number of rotatable bonds is 4. The van der Waals surface area contributed by atoms with Crippen molar-refractivity contribution in [3.63, 3.8) is 0 Å². The Morgan fingerprint density at radius 1 is 1.26 bits per heavy atom. The van der Waals surface area contributed by atoms with Crippen molar-refractivity contribution in [1.82, 2.24) is 10.3 Å². The highest BCUT2D eigenvalue weighted by Crippen LogP contribution is 2.26. The summed E-state index contributed by atoms with van der Waals surface area (Å²) in [4.78, 5) is 16.8. The number of nitrogens with two attached hydrogens (primary N) is 1. The third-order valence-corrected chi connectivity index (χ3v) is 5.07. The van der Waals surface area contributed by atoms with E-state index in [0.717, 1.165) is 42.0 Å². The van der Waals surface area contributed by atoms with Crippen LogP contribution in [0.1, 0.15) is 36.2 Å². The Bertz CT molecular complexity index is 661. The lowest BCUT2D eigenvalue weighted by Gasteiger charge is -2.26. The number of hydrogen-bond acceptors (Lipinski definition) is 5. The van der Waals surface area contributed by atoms with E-state index in [1.54, 1.807) is 7.11 Å². The summed E-state index contributed by atoms with van der Waals surface area (Å²) in [5.74, 6) is 0.709. The first-order valence-corrected chi connectivity index (χ1v) is 8.70. The maximum absolute atomic E-state index is 12.3. The van der Waals surface area contributed by atoms with E-state index in [-0.39, 0.29) is 18.0 Å². The molecule has 3 N–H and O–H groups in total. The molecule has 0 atom stereocenters. The van der Waals surface area contributed by atoms with Crippen LogP contribution in [-0.4, -0.2) is 30.1 Å². The molecule has 122 valence electrons. The lowest BCUT2D eigenvalue weighted by Crippen LogP contribution is -2.40. The van der Waals surface area contributed by atoms with Crippen LogP contribution >= 0.6 is 11.3 Å². The minimum absolute atomic E-state index is 0.0958. The van der Waals surface area contributed by atoms with E-state index in [0.29, 0.717) is 5.69 Å². The molecule has 3 rings (SSSR count). The number of nitrogens with one attached hydrogen (secondary N) is 1. The van der Waals surface area contributed by atoms with Crippen LogP contribution < -0.4 is 15.8 Å². The van der Waals surface area contributed by atoms with E-state index >= 15 is 0 Å². The van der Waals surface area contributed by atoms with Crippen LogP contribution in [0.3, 0.4) is 0 Å². The summed E-state index contributed by atoms with van der Waals surface area (Å²) >= 11 is 1.47. The zero-order valence-electron chi connectivity index (χ0n) is 13.1. The van der Waals surface area contributed by atoms with Crippen molar-refractivity contribution in [2.75, 3.05) is 7.11 Å². The number of nitrogens with zero attached hydrogens (tertiary/aromatic N) is 1. The Labute approximate surface area is 139 Å². The maximum atomic E-state index is 12.3. The topological polar surface area (TPSA) is 77.2 Å². The molecule has 0 radical (unpaired) electrons. The van der Waals surface area contributed by atoms with Crippen LogP contribution in [0.5, 0.6) is 5.75 Å². The van der Waals surface area contributed by atoms with Crippen molar-refractivity contribution >= 4 is 17.2 Å². The molecule has 0 spiro atoms. The normalized spacial score (nSPS) is 21.0. The zero-order valence-corrected chi connectivity index (χ0v) is 13.9. The number of hydrogen-bond donors (Lipinski definition) is 2. The lowest BCUT2D eigenvalue weighted by molar-refractivity contribution is 0.0921. The van der Waals surface area contributed by atoms with Crippen molar-refractivity contribution in [2.45, 2.75) is 37.8 Å². The average Bonchev–Trinajstić information content (AvgIpc) is 3.07. The predicted molar refractivity (Wildman–Crippen MR) is 91.8 cm³/mol. The van der Waals surface area contributed by atoms with Gasteiger partial charge in [-0.25, -0.2) is 4.98 Å². The number of carbonyl (C=O) groups excluding carboxylic acids is 1. The van der Waals surface area contributed by atoms with Gasteiger partial charge in [0.1, 0.15) is 16.5 Å². The van der Waals surface area contributed by atoms with Crippen LogP contribution in [0.15, 0.2) is 29.6 Å². The van der Waals surface area contributed by atoms with Gasteiger partial charge in [0.05, 0.1) is 7.11 Å². The summed E-state index contributed by atoms with van der Waals surface area (Å²) in [7, 11) is 1.64. The largest absolute Gasteiger partial charge is 0.497 e. The number of carbonyl (C=O) groups is 1. The summed E-state index contributed by atoms with van der Waals surface area (Å²) < 4.78 is 5.15. The van der Waals surface area contributed by atoms with Crippen molar-refractivity contribution in [3.8, 4) is 16.3 Å². The molecule has 1 aromatic heterocycles. The van der Waals surface area contributed by atoms with Crippen LogP contribution in [0, 0.1) is 0 Å². The molecular formula is C17H21N3O2S. The maximum Gasteiger partial charge on any atom is 0.270 e. The monoisotopic (exact) mass is 331 g/mol. The Morgan fingerprint density at radius 3 is 2.61 bits per heavy atom. The van der Waals surface area contributed by atoms with Gasteiger partial charge >= 0.3 is 0 Å². The fourth-order valence-electron chi connectivity index (χ4n) is 2.77. The molecule has 1 saturated carbocycles. The SMILES string of the molecule is COc1ccc(-c2nc(C(=O)NC3CCC(N)CC3)cs2)cc1. The second kappa shape index (κ2) is 7.10. The molecule has 5 nitrogen and oxygen atoms in total. The molecule has 1 amide bonds. The van der Waals surface area contributed by atoms with Crippen molar-refractivity contribution < 1.29 is 9.53 Å². The number of amides is 1. The van der Waals surface area contributed by atoms with Gasteiger partial charge < -0.3 is 15.8 Å². The summed E-state index contributed by atoms with van der Waals surface area (Å²) in [5, 5.41) is 5.71. The van der Waals surface area contributed by atoms with Gasteiger partial charge in [-0.3, -0.25) is 4.79 Å². The van der Waals surface area contributed by atoms with Gasteiger partial charge in [0.15, 0.2) is 0 Å². The minimum atomic E-state index is -0.0958. The minimum Gasteiger partial charge on any atom is -0.497 e. The van der Waals surface area contributed by atoms with E-state index < -0.39 is 0 Å². The van der Waals surface area contributed by atoms with Crippen molar-refractivity contribution in [3.05, 3.63) is 35.3 Å². The van der Waals surface area contributed by atoms with Crippen molar-refractivity contribution in [1.29, 1.82) is 0 Å². The fourth-order valence-corrected chi connectivity index (χ4v) is 3.57. The molecule has 0 saturated heterocycles. The van der Waals surface area contributed by atoms with E-state index in [1.807, 2.05) is 29.6 Å². The Morgan fingerprint density at radius 2 is 1.96 bits per heavy atom. The van der Waals surface area contributed by atoms with Crippen LogP contribution in [0.4, 0.5) is 0 Å². The quantitative estimate of drug-likeness (QED) is 0.903. The lowest BCUT2D eigenvalue weighted by atomic mass is 9.92. The first-order valence-electron chi connectivity index (χ1n) is 7.82. The smallest absolute Gasteiger partial charge is 0.270 e. The number of aromatic nitrogens is 1. The highest BCUT2D eigenvalue weighted by Gasteiger charge is 2.21. The molecule has 1 aliphatic rings. The van der Waals surface area contributed by atoms with Crippen LogP contribution in [0.25, 0.3) is 10.6 Å². The molecule has 2 aromatic rings. The zero-order chi connectivity index (χ0) is 16.2. The number of benzene rings is 1. The molecular weight excluding hydrogens is 310 g/mol. The van der Waals surface area contributed by atoms with Gasteiger partial charge in [-0.15, -0.1) is 11.3 Å². The van der Waals surface area contributed by atoms with Crippen LogP contribution in [0.2, 0.25) is 0 Å². The average molecular weight is 331 g/mol. The first-order chi connectivity index (χ1) is 11.2. The first kappa shape index (κ1) is 16.0. The molecule has 0 unspecified atom stereocenters. The molecule has 1 heterocycles. The molecule has 6 heteroatoms. The van der Waals surface area contributed by atoms with Gasteiger partial charge in [0.25, 0.3) is 5.91 Å². The second-order valence-electron chi connectivity index (χ2n) is 5.85. The van der Waals surface area contributed by atoms with E-state index in [1.165, 1.54) is 11.3 Å². The number of ether oxygens (including phenoxy) is 1. The molecule has 1 aromatic carbocycles. The highest BCUT2D eigenvalue weighted by molar-refractivity contribution is 7.13. The van der Waals surface area contributed by atoms with E-state index in [9.17, 15) is 4.79 Å². The van der Waals surface area contributed by atoms with Gasteiger partial charge in [0.2, 0.25) is 0 Å². The van der Waals surface area contributed by atoms with Gasteiger partial charge in [-0.1, -0.05) is 0 Å². The van der Waals surface area contributed by atoms with Gasteiger partial charge in [-0.2, -0.15) is 0 Å². The second-order valence-corrected chi connectivity index (χ2v) is 6.71. The standard InChI is InChI=1S/C17H21N3O2S/c1-22-14-8-2-11(3-9-14)17-20-15(10-23-17)16(21)19-13-6-4-12(18)5-7-13/h2-3,8-10,12-13H,4-7,18H2,1H3,(H,19,21). The summed E-state index contributed by atoms with van der Waals surface area (Å²) in [6, 6.07) is 8.17. The summed E-state index contributed by atoms with van der Waals surface area (Å²) in [6.07, 6.45) is 3.84. The van der Waals surface area contributed by atoms with Crippen molar-refractivity contribution in [2.24, 2.45) is 5.73 Å². The molecule has 23 heavy (non-hydrogen) atoms. The highest BCUT2D eigenvalue weighted by atomic mass is 32.1. The Balaban J connectivity index is 1.64. The molecule has 0 aliphatic heterocycles. The summed E-state index contributed by atoms with van der Waals surface area (Å²) in [6.45, 7) is 0. The number of thiazole rings is 1. The summed E-state index contributed by atoms with van der Waals surface area (Å²) in [5.41, 5.74) is 7.36. The van der Waals surface area contributed by atoms with Gasteiger partial charge in [0, 0.05) is 23.0 Å². The molecule has 0 bridgehead atoms. The van der Waals surface area contributed by atoms with E-state index in [4.69, 9.17) is 10.5 Å². The van der Waals surface area contributed by atoms with E-state index in [2.05, 4.69) is 10.3 Å². The predicted octanol–water partition coefficient (Wildman–Crippen LogP) is 2.82. The van der Waals surface area contributed by atoms with Crippen LogP contribution in [-0.2, 0) is 0 Å². The number of methoxy groups -OCH3 is 1. The fraction of sp³-hybridized carbons (Fsp3) is 0.412. The molecule has 1 fully saturated rings. The Kier molecular flexibility index (Phi) is 4.93. The third-order valence-electron chi connectivity index (χ3n) is 4.18. The third kappa shape index (κ3) is 3.89. The Hall–Kier alpha value is -1.92. The van der Waals surface area contributed by atoms with Gasteiger partial charge in [-0.05, 0) is 49.9 Å².